The number of benzene rings is 1. The number of aryl methyl sites for hydroxylation is 2. The van der Waals surface area contributed by atoms with Gasteiger partial charge in [-0.3, -0.25) is 0 Å². The molecule has 0 spiro atoms. The van der Waals surface area contributed by atoms with Crippen molar-refractivity contribution in [3.63, 3.8) is 0 Å². The molecule has 0 aromatic heterocycles. The molecule has 20 heavy (non-hydrogen) atoms. The number of hydrogen-bond donors (Lipinski definition) is 1. The fourth-order valence-corrected chi connectivity index (χ4v) is 3.90. The maximum atomic E-state index is 3.57. The van der Waals surface area contributed by atoms with E-state index >= 15 is 0 Å². The molecule has 112 valence electrons. The van der Waals surface area contributed by atoms with Crippen LogP contribution in [0.15, 0.2) is 18.2 Å². The van der Waals surface area contributed by atoms with Gasteiger partial charge in [0, 0.05) is 0 Å². The molecule has 0 aliphatic heterocycles. The quantitative estimate of drug-likeness (QED) is 0.832. The van der Waals surface area contributed by atoms with Gasteiger partial charge in [-0.2, -0.15) is 0 Å². The second-order valence-electron chi connectivity index (χ2n) is 6.95. The molecule has 0 bridgehead atoms. The highest BCUT2D eigenvalue weighted by atomic mass is 14.8. The molecule has 3 atom stereocenters. The molecule has 1 aromatic rings. The highest BCUT2D eigenvalue weighted by Gasteiger charge is 2.28. The first-order valence-corrected chi connectivity index (χ1v) is 8.36. The van der Waals surface area contributed by atoms with Gasteiger partial charge in [0.2, 0.25) is 0 Å². The molecule has 1 nitrogen and oxygen atoms in total. The van der Waals surface area contributed by atoms with Gasteiger partial charge in [-0.15, -0.1) is 0 Å². The summed E-state index contributed by atoms with van der Waals surface area (Å²) in [5.41, 5.74) is 4.36. The minimum Gasteiger partial charge on any atom is -0.317 e. The lowest BCUT2D eigenvalue weighted by Crippen LogP contribution is -2.33. The molecule has 2 rings (SSSR count). The first-order valence-electron chi connectivity index (χ1n) is 8.36. The molecule has 1 heteroatoms. The van der Waals surface area contributed by atoms with Crippen LogP contribution in [-0.2, 0) is 6.42 Å². The lowest BCUT2D eigenvalue weighted by atomic mass is 9.72. The zero-order valence-corrected chi connectivity index (χ0v) is 13.7. The summed E-state index contributed by atoms with van der Waals surface area (Å²) in [7, 11) is 0. The predicted octanol–water partition coefficient (Wildman–Crippen LogP) is 4.51. The third-order valence-electron chi connectivity index (χ3n) is 4.84. The van der Waals surface area contributed by atoms with Gasteiger partial charge in [0.1, 0.15) is 0 Å². The van der Waals surface area contributed by atoms with Gasteiger partial charge in [-0.25, -0.2) is 0 Å². The molecule has 0 amide bonds. The molecule has 1 aliphatic carbocycles. The van der Waals surface area contributed by atoms with Gasteiger partial charge >= 0.3 is 0 Å². The van der Waals surface area contributed by atoms with Crippen molar-refractivity contribution in [3.8, 4) is 0 Å². The maximum Gasteiger partial charge on any atom is -0.00179 e. The van der Waals surface area contributed by atoms with E-state index in [1.54, 1.807) is 5.56 Å². The molecule has 0 radical (unpaired) electrons. The Hall–Kier alpha value is -0.820. The van der Waals surface area contributed by atoms with E-state index in [1.807, 2.05) is 0 Å². The van der Waals surface area contributed by atoms with Crippen LogP contribution in [-0.4, -0.2) is 13.1 Å². The summed E-state index contributed by atoms with van der Waals surface area (Å²) in [5, 5.41) is 3.57. The SMILES string of the molecule is CCNCC1CCC(C)CC1Cc1cc(C)cc(C)c1. The van der Waals surface area contributed by atoms with E-state index in [9.17, 15) is 0 Å². The van der Waals surface area contributed by atoms with Crippen LogP contribution >= 0.6 is 0 Å². The summed E-state index contributed by atoms with van der Waals surface area (Å²) in [6.45, 7) is 11.4. The van der Waals surface area contributed by atoms with E-state index in [-0.39, 0.29) is 0 Å². The highest BCUT2D eigenvalue weighted by molar-refractivity contribution is 5.29. The number of hydrogen-bond acceptors (Lipinski definition) is 1. The maximum absolute atomic E-state index is 3.57. The average molecular weight is 273 g/mol. The van der Waals surface area contributed by atoms with Crippen molar-refractivity contribution >= 4 is 0 Å². The highest BCUT2D eigenvalue weighted by Crippen LogP contribution is 2.35. The number of nitrogens with one attached hydrogen (secondary N) is 1. The molecule has 1 aliphatic rings. The average Bonchev–Trinajstić information content (AvgIpc) is 2.36. The second-order valence-corrected chi connectivity index (χ2v) is 6.95. The van der Waals surface area contributed by atoms with E-state index in [1.165, 1.54) is 43.4 Å². The van der Waals surface area contributed by atoms with Crippen LogP contribution in [0.2, 0.25) is 0 Å². The van der Waals surface area contributed by atoms with Crippen molar-refractivity contribution in [2.24, 2.45) is 17.8 Å². The van der Waals surface area contributed by atoms with Crippen molar-refractivity contribution in [1.29, 1.82) is 0 Å². The van der Waals surface area contributed by atoms with Crippen LogP contribution < -0.4 is 5.32 Å². The Bertz CT molecular complexity index is 402. The summed E-state index contributed by atoms with van der Waals surface area (Å²) < 4.78 is 0. The van der Waals surface area contributed by atoms with E-state index in [0.717, 1.165) is 24.3 Å². The van der Waals surface area contributed by atoms with Crippen LogP contribution in [0.1, 0.15) is 49.8 Å². The standard InChI is InChI=1S/C19H31N/c1-5-20-13-18-7-6-14(2)11-19(18)12-17-9-15(3)8-16(4)10-17/h8-10,14,18-20H,5-7,11-13H2,1-4H3. The monoisotopic (exact) mass is 273 g/mol. The smallest absolute Gasteiger partial charge is 0.00179 e. The zero-order chi connectivity index (χ0) is 14.5. The minimum atomic E-state index is 0.860. The van der Waals surface area contributed by atoms with Crippen LogP contribution in [0.25, 0.3) is 0 Å². The summed E-state index contributed by atoms with van der Waals surface area (Å²) >= 11 is 0. The van der Waals surface area contributed by atoms with Gasteiger partial charge in [0.25, 0.3) is 0 Å². The molecule has 1 N–H and O–H groups in total. The molecule has 1 fully saturated rings. The Balaban J connectivity index is 2.06. The second kappa shape index (κ2) is 7.26. The van der Waals surface area contributed by atoms with E-state index in [0.29, 0.717) is 0 Å². The Morgan fingerprint density at radius 2 is 1.75 bits per heavy atom. The third-order valence-corrected chi connectivity index (χ3v) is 4.84. The summed E-state index contributed by atoms with van der Waals surface area (Å²) in [6, 6.07) is 7.05. The van der Waals surface area contributed by atoms with Crippen molar-refractivity contribution < 1.29 is 0 Å². The number of rotatable bonds is 5. The molecule has 0 heterocycles. The summed E-state index contributed by atoms with van der Waals surface area (Å²) in [4.78, 5) is 0. The summed E-state index contributed by atoms with van der Waals surface area (Å²) in [6.07, 6.45) is 5.50. The Kier molecular flexibility index (Phi) is 5.65. The van der Waals surface area contributed by atoms with Crippen LogP contribution in [0.3, 0.4) is 0 Å². The Morgan fingerprint density at radius 3 is 2.40 bits per heavy atom. The van der Waals surface area contributed by atoms with Gasteiger partial charge in [0.05, 0.1) is 0 Å². The Morgan fingerprint density at radius 1 is 1.05 bits per heavy atom. The first-order chi connectivity index (χ1) is 9.58. The fraction of sp³-hybridized carbons (Fsp3) is 0.684. The fourth-order valence-electron chi connectivity index (χ4n) is 3.90. The molecule has 0 saturated heterocycles. The normalized spacial score (nSPS) is 26.7. The largest absolute Gasteiger partial charge is 0.317 e. The van der Waals surface area contributed by atoms with Crippen LogP contribution in [0.4, 0.5) is 0 Å². The molecule has 1 aromatic carbocycles. The van der Waals surface area contributed by atoms with Gasteiger partial charge in [-0.1, -0.05) is 49.6 Å². The van der Waals surface area contributed by atoms with Crippen LogP contribution in [0.5, 0.6) is 0 Å². The molecule has 1 saturated carbocycles. The Labute approximate surface area is 125 Å². The van der Waals surface area contributed by atoms with Crippen molar-refractivity contribution in [2.45, 2.75) is 53.4 Å². The molecular formula is C19H31N. The lowest BCUT2D eigenvalue weighted by Gasteiger charge is -2.35. The zero-order valence-electron chi connectivity index (χ0n) is 13.7. The van der Waals surface area contributed by atoms with Crippen molar-refractivity contribution in [3.05, 3.63) is 34.9 Å². The van der Waals surface area contributed by atoms with Gasteiger partial charge in [0.15, 0.2) is 0 Å². The van der Waals surface area contributed by atoms with E-state index in [2.05, 4.69) is 51.2 Å². The molecule has 3 unspecified atom stereocenters. The van der Waals surface area contributed by atoms with E-state index in [4.69, 9.17) is 0 Å². The summed E-state index contributed by atoms with van der Waals surface area (Å²) in [5.74, 6) is 2.63. The predicted molar refractivity (Wildman–Crippen MR) is 88.2 cm³/mol. The first kappa shape index (κ1) is 15.6. The van der Waals surface area contributed by atoms with Crippen molar-refractivity contribution in [2.75, 3.05) is 13.1 Å². The van der Waals surface area contributed by atoms with Gasteiger partial charge < -0.3 is 5.32 Å². The third kappa shape index (κ3) is 4.34. The van der Waals surface area contributed by atoms with Crippen molar-refractivity contribution in [1.82, 2.24) is 5.32 Å². The molecular weight excluding hydrogens is 242 g/mol. The van der Waals surface area contributed by atoms with E-state index < -0.39 is 0 Å². The lowest BCUT2D eigenvalue weighted by molar-refractivity contribution is 0.184. The van der Waals surface area contributed by atoms with Crippen LogP contribution in [0, 0.1) is 31.6 Å². The topological polar surface area (TPSA) is 12.0 Å². The van der Waals surface area contributed by atoms with Gasteiger partial charge in [-0.05, 0) is 69.5 Å². The minimum absolute atomic E-state index is 0.860.